The van der Waals surface area contributed by atoms with Crippen LogP contribution in [-0.2, 0) is 16.6 Å². The monoisotopic (exact) mass is 369 g/mol. The Morgan fingerprint density at radius 1 is 1.22 bits per heavy atom. The number of nitrogens with one attached hydrogen (secondary N) is 1. The number of amides is 2. The van der Waals surface area contributed by atoms with Crippen LogP contribution in [0.5, 0.6) is 0 Å². The number of carbonyl (C=O) groups excluding carboxylic acids is 2. The zero-order chi connectivity index (χ0) is 19.0. The summed E-state index contributed by atoms with van der Waals surface area (Å²) in [6, 6.07) is 5.36. The molecule has 142 valence electrons. The van der Waals surface area contributed by atoms with Crippen LogP contribution in [0, 0.1) is 24.7 Å². The first-order valence-corrected chi connectivity index (χ1v) is 9.12. The summed E-state index contributed by atoms with van der Waals surface area (Å²) in [5.74, 6) is -0.149. The minimum Gasteiger partial charge on any atom is -0.380 e. The number of anilines is 1. The second-order valence-corrected chi connectivity index (χ2v) is 7.24. The van der Waals surface area contributed by atoms with E-state index in [2.05, 4.69) is 15.4 Å². The van der Waals surface area contributed by atoms with Crippen molar-refractivity contribution in [1.82, 2.24) is 19.7 Å². The molecule has 27 heavy (non-hydrogen) atoms. The first-order valence-electron chi connectivity index (χ1n) is 9.12. The van der Waals surface area contributed by atoms with Gasteiger partial charge in [-0.2, -0.15) is 5.10 Å². The number of aryl methyl sites for hydroxylation is 2. The number of aromatic nitrogens is 3. The molecule has 2 fully saturated rings. The van der Waals surface area contributed by atoms with Crippen LogP contribution in [0.1, 0.15) is 16.2 Å². The maximum absolute atomic E-state index is 12.9. The topological polar surface area (TPSA) is 89.3 Å². The average molecular weight is 369 g/mol. The Bertz CT molecular complexity index is 865. The molecule has 0 aromatic carbocycles. The van der Waals surface area contributed by atoms with Gasteiger partial charge in [-0.25, -0.2) is 0 Å². The number of fused-ring (bicyclic) bond motifs is 1. The van der Waals surface area contributed by atoms with Gasteiger partial charge < -0.3 is 15.0 Å². The van der Waals surface area contributed by atoms with Gasteiger partial charge >= 0.3 is 0 Å². The van der Waals surface area contributed by atoms with E-state index in [1.54, 1.807) is 36.3 Å². The maximum Gasteiger partial charge on any atom is 0.272 e. The normalized spacial score (nSPS) is 24.5. The highest BCUT2D eigenvalue weighted by Gasteiger charge is 2.45. The predicted octanol–water partition coefficient (Wildman–Crippen LogP) is 1.10. The van der Waals surface area contributed by atoms with Crippen LogP contribution in [0.25, 0.3) is 0 Å². The summed E-state index contributed by atoms with van der Waals surface area (Å²) in [6.07, 6.45) is 3.32. The van der Waals surface area contributed by atoms with Crippen molar-refractivity contribution < 1.29 is 14.3 Å². The molecule has 0 unspecified atom stereocenters. The Morgan fingerprint density at radius 3 is 2.81 bits per heavy atom. The highest BCUT2D eigenvalue weighted by Crippen LogP contribution is 2.35. The molecule has 0 aliphatic carbocycles. The van der Waals surface area contributed by atoms with Crippen LogP contribution in [-0.4, -0.2) is 57.8 Å². The van der Waals surface area contributed by atoms with Gasteiger partial charge in [0.1, 0.15) is 5.69 Å². The van der Waals surface area contributed by atoms with Crippen LogP contribution >= 0.6 is 0 Å². The first-order chi connectivity index (χ1) is 13.0. The summed E-state index contributed by atoms with van der Waals surface area (Å²) in [7, 11) is 1.76. The quantitative estimate of drug-likeness (QED) is 0.875. The van der Waals surface area contributed by atoms with Crippen LogP contribution < -0.4 is 5.32 Å². The van der Waals surface area contributed by atoms with Gasteiger partial charge in [0.25, 0.3) is 5.91 Å². The van der Waals surface area contributed by atoms with Crippen LogP contribution in [0.4, 0.5) is 5.69 Å². The summed E-state index contributed by atoms with van der Waals surface area (Å²) in [5, 5.41) is 7.05. The van der Waals surface area contributed by atoms with Crippen molar-refractivity contribution in [3.8, 4) is 0 Å². The molecule has 4 rings (SSSR count). The average Bonchev–Trinajstić information content (AvgIpc) is 3.28. The zero-order valence-corrected chi connectivity index (χ0v) is 15.5. The van der Waals surface area contributed by atoms with Crippen molar-refractivity contribution in [2.45, 2.75) is 6.92 Å². The molecular formula is C19H23N5O3. The van der Waals surface area contributed by atoms with Gasteiger partial charge in [-0.3, -0.25) is 19.3 Å². The Labute approximate surface area is 157 Å². The number of nitrogens with zero attached hydrogens (tertiary/aromatic N) is 4. The fourth-order valence-electron chi connectivity index (χ4n) is 4.02. The third-order valence-electron chi connectivity index (χ3n) is 5.57. The van der Waals surface area contributed by atoms with Crippen molar-refractivity contribution in [1.29, 1.82) is 0 Å². The molecule has 4 heterocycles. The van der Waals surface area contributed by atoms with Gasteiger partial charge in [-0.05, 0) is 31.0 Å². The molecule has 2 aromatic heterocycles. The van der Waals surface area contributed by atoms with Gasteiger partial charge in [0.15, 0.2) is 0 Å². The van der Waals surface area contributed by atoms with Gasteiger partial charge in [-0.1, -0.05) is 0 Å². The number of rotatable bonds is 3. The van der Waals surface area contributed by atoms with E-state index in [0.29, 0.717) is 37.7 Å². The van der Waals surface area contributed by atoms with Crippen molar-refractivity contribution in [2.24, 2.45) is 24.8 Å². The van der Waals surface area contributed by atoms with Gasteiger partial charge in [0, 0.05) is 38.4 Å². The molecule has 0 radical (unpaired) electrons. The van der Waals surface area contributed by atoms with Crippen molar-refractivity contribution in [2.75, 3.05) is 31.6 Å². The van der Waals surface area contributed by atoms with E-state index in [-0.39, 0.29) is 29.6 Å². The van der Waals surface area contributed by atoms with Crippen LogP contribution in [0.3, 0.4) is 0 Å². The number of hydrogen-bond acceptors (Lipinski definition) is 5. The van der Waals surface area contributed by atoms with Crippen LogP contribution in [0.15, 0.2) is 30.6 Å². The third-order valence-corrected chi connectivity index (χ3v) is 5.57. The molecule has 0 bridgehead atoms. The number of likely N-dealkylation sites (tertiary alicyclic amines) is 1. The molecule has 8 nitrogen and oxygen atoms in total. The van der Waals surface area contributed by atoms with Gasteiger partial charge in [0.2, 0.25) is 5.91 Å². The highest BCUT2D eigenvalue weighted by atomic mass is 16.5. The SMILES string of the molecule is Cc1ncccc1NC(=O)[C@@H]1COC[C@H]2CN(C(=O)c3ccnn3C)C[C@H]21. The highest BCUT2D eigenvalue weighted by molar-refractivity contribution is 5.94. The zero-order valence-electron chi connectivity index (χ0n) is 15.5. The minimum atomic E-state index is -0.285. The lowest BCUT2D eigenvalue weighted by molar-refractivity contribution is -0.128. The summed E-state index contributed by atoms with van der Waals surface area (Å²) in [4.78, 5) is 31.7. The van der Waals surface area contributed by atoms with E-state index < -0.39 is 0 Å². The Balaban J connectivity index is 1.48. The first kappa shape index (κ1) is 17.7. The molecule has 1 N–H and O–H groups in total. The van der Waals surface area contributed by atoms with Crippen molar-refractivity contribution in [3.05, 3.63) is 42.0 Å². The third kappa shape index (κ3) is 3.32. The predicted molar refractivity (Wildman–Crippen MR) is 98.0 cm³/mol. The smallest absolute Gasteiger partial charge is 0.272 e. The molecule has 2 aromatic rings. The molecule has 2 amide bonds. The lowest BCUT2D eigenvalue weighted by Crippen LogP contribution is -2.42. The molecule has 0 saturated carbocycles. The number of hydrogen-bond donors (Lipinski definition) is 1. The molecule has 2 saturated heterocycles. The number of carbonyl (C=O) groups is 2. The minimum absolute atomic E-state index is 0.0494. The van der Waals surface area contributed by atoms with Crippen LogP contribution in [0.2, 0.25) is 0 Å². The molecular weight excluding hydrogens is 346 g/mol. The number of ether oxygens (including phenoxy) is 1. The largest absolute Gasteiger partial charge is 0.380 e. The van der Waals surface area contributed by atoms with E-state index >= 15 is 0 Å². The van der Waals surface area contributed by atoms with Gasteiger partial charge in [-0.15, -0.1) is 0 Å². The van der Waals surface area contributed by atoms with Crippen molar-refractivity contribution in [3.63, 3.8) is 0 Å². The van der Waals surface area contributed by atoms with E-state index in [1.165, 1.54) is 0 Å². The Morgan fingerprint density at radius 2 is 2.07 bits per heavy atom. The summed E-state index contributed by atoms with van der Waals surface area (Å²) in [5.41, 5.74) is 2.05. The maximum atomic E-state index is 12.9. The molecule has 0 spiro atoms. The molecule has 2 aliphatic rings. The standard InChI is InChI=1S/C19H23N5O3/c1-12-16(4-3-6-20-12)22-18(25)15-11-27-10-13-8-24(9-14(13)15)19(26)17-5-7-21-23(17)2/h3-7,13-15H,8-11H2,1-2H3,(H,22,25)/t13-,14-,15-/m1/s1. The fourth-order valence-corrected chi connectivity index (χ4v) is 4.02. The summed E-state index contributed by atoms with van der Waals surface area (Å²) in [6.45, 7) is 3.97. The lowest BCUT2D eigenvalue weighted by Gasteiger charge is -2.31. The van der Waals surface area contributed by atoms with E-state index in [1.807, 2.05) is 17.9 Å². The Kier molecular flexibility index (Phi) is 4.65. The second kappa shape index (κ2) is 7.11. The number of pyridine rings is 1. The van der Waals surface area contributed by atoms with E-state index in [9.17, 15) is 9.59 Å². The molecule has 8 heteroatoms. The van der Waals surface area contributed by atoms with E-state index in [0.717, 1.165) is 5.69 Å². The summed E-state index contributed by atoms with van der Waals surface area (Å²) < 4.78 is 7.28. The lowest BCUT2D eigenvalue weighted by atomic mass is 9.82. The van der Waals surface area contributed by atoms with Gasteiger partial charge in [0.05, 0.1) is 30.5 Å². The second-order valence-electron chi connectivity index (χ2n) is 7.24. The van der Waals surface area contributed by atoms with E-state index in [4.69, 9.17) is 4.74 Å². The summed E-state index contributed by atoms with van der Waals surface area (Å²) >= 11 is 0. The fraction of sp³-hybridized carbons (Fsp3) is 0.474. The molecule has 2 aliphatic heterocycles. The molecule has 3 atom stereocenters. The Hall–Kier alpha value is -2.74. The van der Waals surface area contributed by atoms with Crippen molar-refractivity contribution >= 4 is 17.5 Å².